The maximum absolute atomic E-state index is 3.62. The van der Waals surface area contributed by atoms with Crippen molar-refractivity contribution < 1.29 is 44.8 Å². The zero-order chi connectivity index (χ0) is 26.9. The van der Waals surface area contributed by atoms with E-state index >= 15 is 0 Å². The van der Waals surface area contributed by atoms with E-state index in [4.69, 9.17) is 0 Å². The minimum atomic E-state index is 0. The molecule has 0 saturated carbocycles. The molecule has 0 amide bonds. The summed E-state index contributed by atoms with van der Waals surface area (Å²) in [6, 6.07) is 36.0. The molecule has 4 aromatic carbocycles. The van der Waals surface area contributed by atoms with Crippen LogP contribution in [0.4, 0.5) is 0 Å². The van der Waals surface area contributed by atoms with Gasteiger partial charge in [0, 0.05) is 0 Å². The first-order valence-electron chi connectivity index (χ1n) is 13.5. The van der Waals surface area contributed by atoms with E-state index in [2.05, 4.69) is 145 Å². The zero-order valence-corrected chi connectivity index (χ0v) is 26.8. The van der Waals surface area contributed by atoms with Crippen LogP contribution in [0, 0.1) is 12.1 Å². The SMILES string of the molecule is CC(C)c1[c-]c2c(cc1)-c1ccc(C(C)C)cc1C2.[C-]1=CC=CC1.[Cl-].[Cl-].[Ti+2]=[C](c1ccccc1)c1ccccc1. The Labute approximate surface area is 265 Å². The molecule has 0 saturated heterocycles. The fourth-order valence-electron chi connectivity index (χ4n) is 4.57. The molecule has 6 rings (SSSR count). The van der Waals surface area contributed by atoms with Gasteiger partial charge in [0.05, 0.1) is 0 Å². The van der Waals surface area contributed by atoms with Crippen LogP contribution in [0.25, 0.3) is 11.1 Å². The molecule has 0 radical (unpaired) electrons. The summed E-state index contributed by atoms with van der Waals surface area (Å²) in [5, 5.41) is 0. The quantitative estimate of drug-likeness (QED) is 0.220. The predicted octanol–water partition coefficient (Wildman–Crippen LogP) is 3.42. The van der Waals surface area contributed by atoms with Gasteiger partial charge in [-0.3, -0.25) is 6.08 Å². The molecular weight excluding hydrogens is 563 g/mol. The van der Waals surface area contributed by atoms with Crippen LogP contribution >= 0.6 is 0 Å². The second kappa shape index (κ2) is 16.7. The van der Waals surface area contributed by atoms with Crippen molar-refractivity contribution in [3.63, 3.8) is 0 Å². The van der Waals surface area contributed by atoms with Gasteiger partial charge in [0.25, 0.3) is 0 Å². The molecule has 0 spiro atoms. The average molecular weight is 599 g/mol. The van der Waals surface area contributed by atoms with Crippen molar-refractivity contribution in [2.45, 2.75) is 52.4 Å². The second-order valence-corrected chi connectivity index (χ2v) is 11.1. The van der Waals surface area contributed by atoms with E-state index in [1.807, 2.05) is 24.3 Å². The molecule has 3 heteroatoms. The summed E-state index contributed by atoms with van der Waals surface area (Å²) in [7, 11) is 0. The normalized spacial score (nSPS) is 11.8. The van der Waals surface area contributed by atoms with Gasteiger partial charge in [-0.05, 0) is 29.4 Å². The van der Waals surface area contributed by atoms with Crippen LogP contribution in [0.15, 0.2) is 109 Å². The van der Waals surface area contributed by atoms with E-state index in [1.54, 1.807) is 0 Å². The Morgan fingerprint density at radius 2 is 1.32 bits per heavy atom. The fourth-order valence-corrected chi connectivity index (χ4v) is 5.09. The summed E-state index contributed by atoms with van der Waals surface area (Å²) in [6.45, 7) is 8.98. The van der Waals surface area contributed by atoms with E-state index in [1.165, 1.54) is 48.3 Å². The molecule has 0 nitrogen and oxygen atoms in total. The molecule has 4 aromatic rings. The van der Waals surface area contributed by atoms with Gasteiger partial charge in [-0.15, -0.1) is 17.5 Å². The third kappa shape index (κ3) is 9.02. The molecule has 0 aromatic heterocycles. The average Bonchev–Trinajstić information content (AvgIpc) is 3.65. The Balaban J connectivity index is 0.000000235. The van der Waals surface area contributed by atoms with Gasteiger partial charge in [0.1, 0.15) is 0 Å². The number of halogens is 2. The standard InChI is InChI=1S/C19H21.C13H10.C5H5.2ClH.Ti/c1-12(2)14-5-7-18-16(9-14)11-17-10-15(13(3)4)6-8-19(17)18;1-3-7-12(8-4-1)11-13-9-5-2-6-10-13;1-2-4-5-3-1;;;/h5-9,12-13H,11H2,1-4H3;1-10H;1-3H,4H2;2*1H;/q-1;;-1;;;+2/p-2. The van der Waals surface area contributed by atoms with Crippen molar-refractivity contribution in [2.75, 3.05) is 0 Å². The Kier molecular flexibility index (Phi) is 14.1. The van der Waals surface area contributed by atoms with E-state index in [0.29, 0.717) is 11.8 Å². The molecule has 0 N–H and O–H groups in total. The molecular formula is C37H36Cl2Ti-2. The molecule has 0 atom stereocenters. The number of hydrogen-bond acceptors (Lipinski definition) is 0. The number of fused-ring (bicyclic) bond motifs is 3. The molecule has 0 aliphatic heterocycles. The summed E-state index contributed by atoms with van der Waals surface area (Å²) in [5.74, 6) is 1.16. The van der Waals surface area contributed by atoms with E-state index < -0.39 is 0 Å². The molecule has 2 aliphatic rings. The molecule has 2 aliphatic carbocycles. The van der Waals surface area contributed by atoms with Crippen LogP contribution in [0.5, 0.6) is 0 Å². The van der Waals surface area contributed by atoms with Gasteiger partial charge in [0.15, 0.2) is 0 Å². The summed E-state index contributed by atoms with van der Waals surface area (Å²) in [5.41, 5.74) is 11.0. The van der Waals surface area contributed by atoms with Crippen molar-refractivity contribution in [1.82, 2.24) is 0 Å². The van der Waals surface area contributed by atoms with Gasteiger partial charge in [0.2, 0.25) is 0 Å². The summed E-state index contributed by atoms with van der Waals surface area (Å²) in [4.78, 5) is 0. The third-order valence-electron chi connectivity index (χ3n) is 6.84. The zero-order valence-electron chi connectivity index (χ0n) is 23.7. The van der Waals surface area contributed by atoms with Gasteiger partial charge in [-0.1, -0.05) is 51.5 Å². The van der Waals surface area contributed by atoms with Crippen LogP contribution in [0.2, 0.25) is 0 Å². The summed E-state index contributed by atoms with van der Waals surface area (Å²) in [6.07, 6.45) is 11.0. The topological polar surface area (TPSA) is 0 Å². The molecule has 0 unspecified atom stereocenters. The summed E-state index contributed by atoms with van der Waals surface area (Å²) < 4.78 is 1.33. The van der Waals surface area contributed by atoms with Gasteiger partial charge in [-0.2, -0.15) is 29.8 Å². The first kappa shape index (κ1) is 33.7. The van der Waals surface area contributed by atoms with Crippen LogP contribution in [0.3, 0.4) is 0 Å². The minimum absolute atomic E-state index is 0. The monoisotopic (exact) mass is 598 g/mol. The van der Waals surface area contributed by atoms with E-state index in [0.717, 1.165) is 12.8 Å². The van der Waals surface area contributed by atoms with Crippen LogP contribution in [0.1, 0.15) is 79.3 Å². The van der Waals surface area contributed by atoms with Gasteiger partial charge >= 0.3 is 95.6 Å². The van der Waals surface area contributed by atoms with Crippen molar-refractivity contribution >= 4 is 3.81 Å². The first-order chi connectivity index (χ1) is 18.4. The molecule has 0 heterocycles. The molecule has 0 bridgehead atoms. The molecule has 40 heavy (non-hydrogen) atoms. The fraction of sp³-hybridized carbons (Fsp3) is 0.216. The van der Waals surface area contributed by atoms with E-state index in [-0.39, 0.29) is 24.8 Å². The van der Waals surface area contributed by atoms with Crippen molar-refractivity contribution in [1.29, 1.82) is 0 Å². The number of benzene rings is 4. The maximum atomic E-state index is 3.62. The summed E-state index contributed by atoms with van der Waals surface area (Å²) >= 11 is 2.16. The number of hydrogen-bond donors (Lipinski definition) is 0. The first-order valence-corrected chi connectivity index (χ1v) is 14.3. The predicted molar refractivity (Wildman–Crippen MR) is 159 cm³/mol. The van der Waals surface area contributed by atoms with Crippen molar-refractivity contribution in [2.24, 2.45) is 0 Å². The van der Waals surface area contributed by atoms with Crippen LogP contribution in [-0.2, 0) is 26.4 Å². The molecule has 204 valence electrons. The van der Waals surface area contributed by atoms with Crippen molar-refractivity contribution in [3.8, 4) is 11.1 Å². The van der Waals surface area contributed by atoms with Gasteiger partial charge < -0.3 is 24.8 Å². The van der Waals surface area contributed by atoms with Crippen LogP contribution in [-0.4, -0.2) is 3.81 Å². The number of allylic oxidation sites excluding steroid dienone is 4. The number of rotatable bonds is 4. The third-order valence-corrected chi connectivity index (χ3v) is 7.74. The Morgan fingerprint density at radius 3 is 1.80 bits per heavy atom. The Morgan fingerprint density at radius 1 is 0.725 bits per heavy atom. The van der Waals surface area contributed by atoms with Gasteiger partial charge in [-0.25, -0.2) is 12.2 Å². The second-order valence-electron chi connectivity index (χ2n) is 10.3. The van der Waals surface area contributed by atoms with Crippen LogP contribution < -0.4 is 24.8 Å². The molecule has 0 fully saturated rings. The Bertz CT molecular complexity index is 1310. The van der Waals surface area contributed by atoms with E-state index in [9.17, 15) is 0 Å². The Hall–Kier alpha value is -2.48. The van der Waals surface area contributed by atoms with Crippen molar-refractivity contribution in [3.05, 3.63) is 155 Å².